The number of rotatable bonds is 5. The first-order valence-electron chi connectivity index (χ1n) is 7.01. The van der Waals surface area contributed by atoms with Gasteiger partial charge in [0.15, 0.2) is 5.84 Å². The van der Waals surface area contributed by atoms with Gasteiger partial charge in [0, 0.05) is 13.1 Å². The minimum atomic E-state index is -3.61. The minimum absolute atomic E-state index is 0.305. The molecule has 0 fully saturated rings. The highest BCUT2D eigenvalue weighted by atomic mass is 32.3. The SMILES string of the molecule is CCN(CC)C1=NS(=O)(=O)C(SC)=C1c1ccc(OC)cc1. The van der Waals surface area contributed by atoms with Gasteiger partial charge in [0.1, 0.15) is 9.99 Å². The van der Waals surface area contributed by atoms with E-state index in [-0.39, 0.29) is 0 Å². The van der Waals surface area contributed by atoms with Crippen molar-refractivity contribution in [3.8, 4) is 5.75 Å². The zero-order chi connectivity index (χ0) is 16.3. The molecule has 0 unspecified atom stereocenters. The smallest absolute Gasteiger partial charge is 0.291 e. The van der Waals surface area contributed by atoms with Gasteiger partial charge in [-0.2, -0.15) is 8.42 Å². The maximum atomic E-state index is 12.3. The Morgan fingerprint density at radius 1 is 1.18 bits per heavy atom. The Hall–Kier alpha value is -1.47. The van der Waals surface area contributed by atoms with Crippen molar-refractivity contribution in [3.63, 3.8) is 0 Å². The highest BCUT2D eigenvalue weighted by molar-refractivity contribution is 8.18. The number of thioether (sulfide) groups is 1. The van der Waals surface area contributed by atoms with E-state index in [9.17, 15) is 8.42 Å². The lowest BCUT2D eigenvalue weighted by Crippen LogP contribution is -2.30. The van der Waals surface area contributed by atoms with E-state index >= 15 is 0 Å². The average molecular weight is 340 g/mol. The molecule has 1 aliphatic rings. The normalized spacial score (nSPS) is 16.6. The first-order chi connectivity index (χ1) is 10.5. The lowest BCUT2D eigenvalue weighted by Gasteiger charge is -2.22. The maximum Gasteiger partial charge on any atom is 0.291 e. The summed E-state index contributed by atoms with van der Waals surface area (Å²) in [6.07, 6.45) is 1.76. The molecule has 120 valence electrons. The summed E-state index contributed by atoms with van der Waals surface area (Å²) in [4.78, 5) is 1.96. The standard InChI is InChI=1S/C15H20N2O3S2/c1-5-17(6-2)14-13(15(21-4)22(18,19)16-14)11-7-9-12(20-3)10-8-11/h7-10H,5-6H2,1-4H3. The van der Waals surface area contributed by atoms with Crippen molar-refractivity contribution in [3.05, 3.63) is 34.1 Å². The molecule has 0 aromatic heterocycles. The van der Waals surface area contributed by atoms with E-state index in [4.69, 9.17) is 4.74 Å². The van der Waals surface area contributed by atoms with Gasteiger partial charge in [0.05, 0.1) is 12.7 Å². The number of ether oxygens (including phenoxy) is 1. The zero-order valence-corrected chi connectivity index (χ0v) is 14.8. The summed E-state index contributed by atoms with van der Waals surface area (Å²) in [7, 11) is -2.01. The number of hydrogen-bond acceptors (Lipinski definition) is 5. The Labute approximate surface area is 136 Å². The summed E-state index contributed by atoms with van der Waals surface area (Å²) in [6.45, 7) is 5.38. The third-order valence-electron chi connectivity index (χ3n) is 3.50. The maximum absolute atomic E-state index is 12.3. The Morgan fingerprint density at radius 2 is 1.77 bits per heavy atom. The van der Waals surface area contributed by atoms with Crippen LogP contribution in [0.2, 0.25) is 0 Å². The second kappa shape index (κ2) is 6.75. The topological polar surface area (TPSA) is 59.0 Å². The molecule has 1 aromatic carbocycles. The number of likely N-dealkylation sites (N-methyl/N-ethyl adjacent to an activating group) is 1. The molecular formula is C15H20N2O3S2. The summed E-state index contributed by atoms with van der Waals surface area (Å²) in [5.41, 5.74) is 1.51. The van der Waals surface area contributed by atoms with Crippen molar-refractivity contribution in [2.45, 2.75) is 13.8 Å². The van der Waals surface area contributed by atoms with E-state index in [1.807, 2.05) is 43.0 Å². The van der Waals surface area contributed by atoms with Crippen molar-refractivity contribution in [2.24, 2.45) is 4.40 Å². The molecule has 1 aliphatic heterocycles. The van der Waals surface area contributed by atoms with Crippen molar-refractivity contribution in [1.29, 1.82) is 0 Å². The fourth-order valence-corrected chi connectivity index (χ4v) is 4.72. The molecule has 0 saturated heterocycles. The van der Waals surface area contributed by atoms with Crippen LogP contribution < -0.4 is 4.74 Å². The summed E-state index contributed by atoms with van der Waals surface area (Å²) < 4.78 is 34.1. The first kappa shape index (κ1) is 16.9. The van der Waals surface area contributed by atoms with Crippen LogP contribution in [0.1, 0.15) is 19.4 Å². The predicted molar refractivity (Wildman–Crippen MR) is 92.7 cm³/mol. The van der Waals surface area contributed by atoms with Crippen LogP contribution in [0.5, 0.6) is 5.75 Å². The molecule has 0 atom stereocenters. The van der Waals surface area contributed by atoms with Crippen LogP contribution in [0.4, 0.5) is 0 Å². The van der Waals surface area contributed by atoms with Crippen LogP contribution in [0.15, 0.2) is 32.9 Å². The Kier molecular flexibility index (Phi) is 5.18. The van der Waals surface area contributed by atoms with Crippen molar-refractivity contribution in [2.75, 3.05) is 26.5 Å². The summed E-state index contributed by atoms with van der Waals surface area (Å²) in [5, 5.41) is 0. The molecule has 2 rings (SSSR count). The van der Waals surface area contributed by atoms with E-state index in [0.717, 1.165) is 11.3 Å². The molecule has 0 bridgehead atoms. The van der Waals surface area contributed by atoms with Crippen LogP contribution in [-0.4, -0.2) is 45.6 Å². The van der Waals surface area contributed by atoms with Crippen LogP contribution in [0.3, 0.4) is 0 Å². The van der Waals surface area contributed by atoms with Gasteiger partial charge in [0.25, 0.3) is 10.0 Å². The number of benzene rings is 1. The number of hydrogen-bond donors (Lipinski definition) is 0. The quantitative estimate of drug-likeness (QED) is 0.825. The Morgan fingerprint density at radius 3 is 2.23 bits per heavy atom. The summed E-state index contributed by atoms with van der Waals surface area (Å²) in [5.74, 6) is 1.26. The molecule has 0 amide bonds. The molecule has 0 aliphatic carbocycles. The molecule has 0 spiro atoms. The number of sulfonamides is 1. The Balaban J connectivity index is 2.62. The van der Waals surface area contributed by atoms with Gasteiger partial charge >= 0.3 is 0 Å². The number of amidine groups is 1. The van der Waals surface area contributed by atoms with Crippen molar-refractivity contribution < 1.29 is 13.2 Å². The van der Waals surface area contributed by atoms with Gasteiger partial charge in [-0.3, -0.25) is 0 Å². The zero-order valence-electron chi connectivity index (χ0n) is 13.2. The van der Waals surface area contributed by atoms with Gasteiger partial charge < -0.3 is 9.64 Å². The Bertz CT molecular complexity index is 703. The number of nitrogens with zero attached hydrogens (tertiary/aromatic N) is 2. The summed E-state index contributed by atoms with van der Waals surface area (Å²) >= 11 is 1.21. The second-order valence-electron chi connectivity index (χ2n) is 4.66. The van der Waals surface area contributed by atoms with Crippen LogP contribution in [0.25, 0.3) is 5.57 Å². The molecule has 7 heteroatoms. The molecule has 0 N–H and O–H groups in total. The fraction of sp³-hybridized carbons (Fsp3) is 0.400. The van der Waals surface area contributed by atoms with Gasteiger partial charge in [-0.1, -0.05) is 12.1 Å². The molecular weight excluding hydrogens is 320 g/mol. The summed E-state index contributed by atoms with van der Waals surface area (Å²) in [6, 6.07) is 7.38. The predicted octanol–water partition coefficient (Wildman–Crippen LogP) is 2.81. The van der Waals surface area contributed by atoms with Gasteiger partial charge in [0.2, 0.25) is 0 Å². The van der Waals surface area contributed by atoms with Crippen LogP contribution in [-0.2, 0) is 10.0 Å². The largest absolute Gasteiger partial charge is 0.497 e. The monoisotopic (exact) mass is 340 g/mol. The molecule has 0 radical (unpaired) electrons. The molecule has 1 heterocycles. The lowest BCUT2D eigenvalue weighted by atomic mass is 10.1. The van der Waals surface area contributed by atoms with E-state index in [1.165, 1.54) is 11.8 Å². The fourth-order valence-electron chi connectivity index (χ4n) is 2.37. The highest BCUT2D eigenvalue weighted by Crippen LogP contribution is 2.38. The second-order valence-corrected chi connectivity index (χ2v) is 7.27. The average Bonchev–Trinajstić information content (AvgIpc) is 2.79. The van der Waals surface area contributed by atoms with E-state index in [1.54, 1.807) is 13.4 Å². The third-order valence-corrected chi connectivity index (χ3v) is 6.29. The van der Waals surface area contributed by atoms with Crippen LogP contribution >= 0.6 is 11.8 Å². The lowest BCUT2D eigenvalue weighted by molar-refractivity contribution is 0.415. The minimum Gasteiger partial charge on any atom is -0.497 e. The molecule has 5 nitrogen and oxygen atoms in total. The molecule has 22 heavy (non-hydrogen) atoms. The molecule has 1 aromatic rings. The van der Waals surface area contributed by atoms with E-state index in [0.29, 0.717) is 28.7 Å². The van der Waals surface area contributed by atoms with Gasteiger partial charge in [-0.25, -0.2) is 0 Å². The van der Waals surface area contributed by atoms with Gasteiger partial charge in [-0.05, 0) is 37.8 Å². The molecule has 0 saturated carbocycles. The first-order valence-corrected chi connectivity index (χ1v) is 9.67. The van der Waals surface area contributed by atoms with E-state index < -0.39 is 10.0 Å². The van der Waals surface area contributed by atoms with Gasteiger partial charge in [-0.15, -0.1) is 16.2 Å². The number of methoxy groups -OCH3 is 1. The highest BCUT2D eigenvalue weighted by Gasteiger charge is 2.34. The van der Waals surface area contributed by atoms with Crippen LogP contribution in [0, 0.1) is 0 Å². The third kappa shape index (κ3) is 3.01. The van der Waals surface area contributed by atoms with E-state index in [2.05, 4.69) is 4.40 Å². The van der Waals surface area contributed by atoms with Crippen molar-refractivity contribution >= 4 is 33.2 Å². The van der Waals surface area contributed by atoms with Crippen molar-refractivity contribution in [1.82, 2.24) is 4.90 Å².